The van der Waals surface area contributed by atoms with E-state index in [0.29, 0.717) is 119 Å². The SMILES string of the molecule is O=C(O)CCOCCOCCOCCNC(=O)CCOCCOCCOCCC(=O)NCCOCCOCCOCCC(=O)OCCc1ccccc1. The van der Waals surface area contributed by atoms with Gasteiger partial charge in [-0.15, -0.1) is 0 Å². The third-order valence-electron chi connectivity index (χ3n) is 6.72. The van der Waals surface area contributed by atoms with Gasteiger partial charge in [0.1, 0.15) is 0 Å². The predicted molar refractivity (Wildman–Crippen MR) is 191 cm³/mol. The fraction of sp³-hybridized carbons (Fsp3) is 0.722. The van der Waals surface area contributed by atoms with Crippen LogP contribution in [-0.2, 0) is 73.0 Å². The number of hydrogen-bond acceptors (Lipinski definition) is 14. The van der Waals surface area contributed by atoms with Gasteiger partial charge in [-0.1, -0.05) is 30.3 Å². The highest BCUT2D eigenvalue weighted by Crippen LogP contribution is 2.00. The minimum atomic E-state index is -0.898. The Kier molecular flexibility index (Phi) is 33.4. The highest BCUT2D eigenvalue weighted by atomic mass is 16.6. The number of aliphatic carboxylic acids is 1. The zero-order valence-corrected chi connectivity index (χ0v) is 30.9. The summed E-state index contributed by atoms with van der Waals surface area (Å²) in [7, 11) is 0. The molecule has 17 nitrogen and oxygen atoms in total. The summed E-state index contributed by atoms with van der Waals surface area (Å²) >= 11 is 0. The largest absolute Gasteiger partial charge is 0.481 e. The van der Waals surface area contributed by atoms with Crippen molar-refractivity contribution in [2.75, 3.05) is 139 Å². The van der Waals surface area contributed by atoms with E-state index in [2.05, 4.69) is 10.6 Å². The summed E-state index contributed by atoms with van der Waals surface area (Å²) in [4.78, 5) is 45.8. The molecule has 0 aliphatic heterocycles. The Morgan fingerprint density at radius 3 is 1.21 bits per heavy atom. The molecule has 0 aliphatic carbocycles. The molecule has 304 valence electrons. The number of carbonyl (C=O) groups is 4. The maximum absolute atomic E-state index is 11.9. The lowest BCUT2D eigenvalue weighted by Crippen LogP contribution is -2.28. The fourth-order valence-corrected chi connectivity index (χ4v) is 3.97. The van der Waals surface area contributed by atoms with E-state index >= 15 is 0 Å². The lowest BCUT2D eigenvalue weighted by molar-refractivity contribution is -0.145. The van der Waals surface area contributed by atoms with Crippen LogP contribution in [0.15, 0.2) is 30.3 Å². The number of carboxylic acids is 1. The minimum Gasteiger partial charge on any atom is -0.481 e. The van der Waals surface area contributed by atoms with E-state index in [4.69, 9.17) is 52.5 Å². The van der Waals surface area contributed by atoms with Gasteiger partial charge < -0.3 is 63.1 Å². The summed E-state index contributed by atoms with van der Waals surface area (Å²) in [6.07, 6.45) is 1.32. The summed E-state index contributed by atoms with van der Waals surface area (Å²) in [5.74, 6) is -1.45. The molecule has 0 saturated heterocycles. The number of rotatable bonds is 39. The molecule has 17 heteroatoms. The summed E-state index contributed by atoms with van der Waals surface area (Å²) in [5, 5.41) is 14.0. The Bertz CT molecular complexity index is 1040. The number of carboxylic acid groups (broad SMARTS) is 1. The molecule has 0 heterocycles. The molecule has 1 aromatic carbocycles. The van der Waals surface area contributed by atoms with Crippen molar-refractivity contribution in [1.82, 2.24) is 10.6 Å². The monoisotopic (exact) mass is 760 g/mol. The number of amides is 2. The maximum Gasteiger partial charge on any atom is 0.308 e. The highest BCUT2D eigenvalue weighted by Gasteiger charge is 2.05. The van der Waals surface area contributed by atoms with E-state index in [1.54, 1.807) is 0 Å². The molecule has 0 spiro atoms. The van der Waals surface area contributed by atoms with Gasteiger partial charge in [-0.05, 0) is 5.56 Å². The highest BCUT2D eigenvalue weighted by molar-refractivity contribution is 5.76. The molecule has 0 bridgehead atoms. The van der Waals surface area contributed by atoms with Crippen LogP contribution in [-0.4, -0.2) is 167 Å². The van der Waals surface area contributed by atoms with Gasteiger partial charge in [-0.2, -0.15) is 0 Å². The zero-order valence-electron chi connectivity index (χ0n) is 30.9. The molecule has 2 amide bonds. The number of benzene rings is 1. The first-order valence-electron chi connectivity index (χ1n) is 18.1. The lowest BCUT2D eigenvalue weighted by atomic mass is 10.2. The van der Waals surface area contributed by atoms with Crippen molar-refractivity contribution in [2.45, 2.75) is 32.1 Å². The van der Waals surface area contributed by atoms with Crippen molar-refractivity contribution < 1.29 is 71.7 Å². The Labute approximate surface area is 312 Å². The first kappa shape index (κ1) is 47.8. The first-order valence-corrected chi connectivity index (χ1v) is 18.1. The van der Waals surface area contributed by atoms with E-state index in [1.807, 2.05) is 30.3 Å². The number of esters is 1. The van der Waals surface area contributed by atoms with Crippen molar-refractivity contribution in [2.24, 2.45) is 0 Å². The average Bonchev–Trinajstić information content (AvgIpc) is 3.15. The van der Waals surface area contributed by atoms with Crippen LogP contribution in [0.3, 0.4) is 0 Å². The second-order valence-electron chi connectivity index (χ2n) is 11.1. The Morgan fingerprint density at radius 1 is 0.434 bits per heavy atom. The van der Waals surface area contributed by atoms with Crippen LogP contribution in [0.5, 0.6) is 0 Å². The van der Waals surface area contributed by atoms with Crippen molar-refractivity contribution in [3.63, 3.8) is 0 Å². The number of ether oxygens (including phenoxy) is 10. The number of carbonyl (C=O) groups excluding carboxylic acids is 3. The molecule has 1 aromatic rings. The quantitative estimate of drug-likeness (QED) is 0.0627. The molecular formula is C36H60N2O15. The summed E-state index contributed by atoms with van der Waals surface area (Å²) in [6.45, 7) is 7.25. The Hall–Kier alpha value is -3.26. The normalized spacial score (nSPS) is 11.0. The number of nitrogens with one attached hydrogen (secondary N) is 2. The number of hydrogen-bond donors (Lipinski definition) is 3. The van der Waals surface area contributed by atoms with Crippen LogP contribution < -0.4 is 10.6 Å². The Balaban J connectivity index is 1.72. The smallest absolute Gasteiger partial charge is 0.308 e. The third-order valence-corrected chi connectivity index (χ3v) is 6.72. The second-order valence-corrected chi connectivity index (χ2v) is 11.1. The maximum atomic E-state index is 11.9. The topological polar surface area (TPSA) is 205 Å². The van der Waals surface area contributed by atoms with Crippen LogP contribution in [0.2, 0.25) is 0 Å². The van der Waals surface area contributed by atoms with Gasteiger partial charge in [0.2, 0.25) is 11.8 Å². The van der Waals surface area contributed by atoms with Crippen LogP contribution in [0.4, 0.5) is 0 Å². The van der Waals surface area contributed by atoms with E-state index in [0.717, 1.165) is 5.56 Å². The second kappa shape index (κ2) is 37.1. The molecule has 53 heavy (non-hydrogen) atoms. The van der Waals surface area contributed by atoms with Gasteiger partial charge in [-0.25, -0.2) is 0 Å². The molecule has 0 radical (unpaired) electrons. The third kappa shape index (κ3) is 35.5. The van der Waals surface area contributed by atoms with Gasteiger partial charge in [0.25, 0.3) is 0 Å². The van der Waals surface area contributed by atoms with Crippen molar-refractivity contribution in [3.8, 4) is 0 Å². The summed E-state index contributed by atoms with van der Waals surface area (Å²) < 4.78 is 53.4. The Morgan fingerprint density at radius 2 is 0.792 bits per heavy atom. The predicted octanol–water partition coefficient (Wildman–Crippen LogP) is 0.799. The van der Waals surface area contributed by atoms with Crippen LogP contribution in [0, 0.1) is 0 Å². The molecule has 0 saturated carbocycles. The molecule has 0 fully saturated rings. The van der Waals surface area contributed by atoms with Crippen LogP contribution in [0.25, 0.3) is 0 Å². The standard InChI is InChI=1S/C36H60N2O15/c39-33(37-11-18-48-24-30-51-28-22-46-15-9-35(41)42)7-13-44-20-26-50-27-21-45-14-8-34(40)38-12-19-49-25-31-52-29-23-47-16-10-36(43)53-17-6-32-4-2-1-3-5-32/h1-5H,6-31H2,(H,37,39)(H,38,40)(H,41,42). The van der Waals surface area contributed by atoms with Crippen molar-refractivity contribution >= 4 is 23.8 Å². The van der Waals surface area contributed by atoms with E-state index in [9.17, 15) is 19.2 Å². The lowest BCUT2D eigenvalue weighted by Gasteiger charge is -2.09. The molecule has 3 N–H and O–H groups in total. The van der Waals surface area contributed by atoms with E-state index in [1.165, 1.54) is 0 Å². The van der Waals surface area contributed by atoms with Gasteiger partial charge in [0.05, 0.1) is 138 Å². The summed E-state index contributed by atoms with van der Waals surface area (Å²) in [6, 6.07) is 9.84. The molecular weight excluding hydrogens is 700 g/mol. The van der Waals surface area contributed by atoms with Gasteiger partial charge >= 0.3 is 11.9 Å². The first-order chi connectivity index (χ1) is 26.0. The van der Waals surface area contributed by atoms with E-state index in [-0.39, 0.29) is 69.9 Å². The molecule has 1 rings (SSSR count). The average molecular weight is 761 g/mol. The van der Waals surface area contributed by atoms with Gasteiger partial charge in [0.15, 0.2) is 0 Å². The van der Waals surface area contributed by atoms with Crippen LogP contribution in [0.1, 0.15) is 31.2 Å². The zero-order chi connectivity index (χ0) is 38.3. The molecule has 0 aromatic heterocycles. The minimum absolute atomic E-state index is 0.0310. The van der Waals surface area contributed by atoms with Gasteiger partial charge in [0, 0.05) is 32.4 Å². The molecule has 0 aliphatic rings. The fourth-order valence-electron chi connectivity index (χ4n) is 3.97. The van der Waals surface area contributed by atoms with Crippen LogP contribution >= 0.6 is 0 Å². The van der Waals surface area contributed by atoms with Gasteiger partial charge in [-0.3, -0.25) is 19.2 Å². The summed E-state index contributed by atoms with van der Waals surface area (Å²) in [5.41, 5.74) is 1.13. The van der Waals surface area contributed by atoms with E-state index < -0.39 is 5.97 Å². The molecule has 0 unspecified atom stereocenters. The molecule has 0 atom stereocenters. The van der Waals surface area contributed by atoms with Crippen molar-refractivity contribution in [3.05, 3.63) is 35.9 Å². The van der Waals surface area contributed by atoms with Crippen molar-refractivity contribution in [1.29, 1.82) is 0 Å².